The van der Waals surface area contributed by atoms with Crippen LogP contribution in [-0.4, -0.2) is 5.78 Å². The molecule has 2 rings (SSSR count). The molecule has 2 aliphatic rings. The summed E-state index contributed by atoms with van der Waals surface area (Å²) >= 11 is 0. The van der Waals surface area contributed by atoms with Crippen LogP contribution in [0.5, 0.6) is 0 Å². The highest BCUT2D eigenvalue weighted by Gasteiger charge is 2.30. The molecule has 0 aromatic rings. The zero-order chi connectivity index (χ0) is 14.4. The maximum Gasteiger partial charge on any atom is 0.169 e. The zero-order valence-corrected chi connectivity index (χ0v) is 12.9. The zero-order valence-electron chi connectivity index (χ0n) is 12.9. The number of carbonyl (C=O) groups excluding carboxylic acids is 1. The van der Waals surface area contributed by atoms with Gasteiger partial charge in [-0.25, -0.2) is 0 Å². The van der Waals surface area contributed by atoms with Crippen molar-refractivity contribution in [3.63, 3.8) is 0 Å². The lowest BCUT2D eigenvalue weighted by Crippen LogP contribution is -2.34. The van der Waals surface area contributed by atoms with Crippen molar-refractivity contribution in [2.75, 3.05) is 0 Å². The smallest absolute Gasteiger partial charge is 0.169 e. The first-order valence-corrected chi connectivity index (χ1v) is 8.11. The maximum absolute atomic E-state index is 12.4. The molecule has 0 aromatic heterocycles. The SMILES string of the molecule is CCCCCCCCC1=C(C)C(=O)C2CC=CC=C2N1. The molecule has 2 heteroatoms. The van der Waals surface area contributed by atoms with Gasteiger partial charge in [0.1, 0.15) is 0 Å². The fourth-order valence-electron chi connectivity index (χ4n) is 3.02. The summed E-state index contributed by atoms with van der Waals surface area (Å²) in [5, 5.41) is 3.51. The van der Waals surface area contributed by atoms with Crippen molar-refractivity contribution >= 4 is 5.78 Å². The van der Waals surface area contributed by atoms with Gasteiger partial charge in [-0.2, -0.15) is 0 Å². The number of hydrogen-bond donors (Lipinski definition) is 1. The monoisotopic (exact) mass is 273 g/mol. The number of carbonyl (C=O) groups is 1. The van der Waals surface area contributed by atoms with Gasteiger partial charge in [-0.3, -0.25) is 4.79 Å². The number of ketones is 1. The van der Waals surface area contributed by atoms with Crippen LogP contribution in [0.25, 0.3) is 0 Å². The van der Waals surface area contributed by atoms with E-state index < -0.39 is 0 Å². The van der Waals surface area contributed by atoms with Crippen molar-refractivity contribution < 1.29 is 4.79 Å². The molecule has 1 heterocycles. The molecule has 1 aliphatic carbocycles. The Balaban J connectivity index is 1.86. The number of nitrogens with one attached hydrogen (secondary N) is 1. The van der Waals surface area contributed by atoms with Crippen LogP contribution in [-0.2, 0) is 4.79 Å². The Hall–Kier alpha value is -1.31. The van der Waals surface area contributed by atoms with Crippen LogP contribution in [0.1, 0.15) is 65.2 Å². The van der Waals surface area contributed by atoms with Gasteiger partial charge in [0.25, 0.3) is 0 Å². The van der Waals surface area contributed by atoms with Crippen molar-refractivity contribution in [3.8, 4) is 0 Å². The summed E-state index contributed by atoms with van der Waals surface area (Å²) in [6, 6.07) is 0. The van der Waals surface area contributed by atoms with E-state index in [0.717, 1.165) is 29.8 Å². The predicted molar refractivity (Wildman–Crippen MR) is 84.2 cm³/mol. The van der Waals surface area contributed by atoms with E-state index in [4.69, 9.17) is 0 Å². The first-order valence-electron chi connectivity index (χ1n) is 8.11. The summed E-state index contributed by atoms with van der Waals surface area (Å²) in [7, 11) is 0. The highest BCUT2D eigenvalue weighted by molar-refractivity contribution is 6.00. The number of hydrogen-bond acceptors (Lipinski definition) is 2. The summed E-state index contributed by atoms with van der Waals surface area (Å²) < 4.78 is 0. The van der Waals surface area contributed by atoms with Crippen LogP contribution in [0.3, 0.4) is 0 Å². The molecule has 0 fully saturated rings. The van der Waals surface area contributed by atoms with E-state index in [2.05, 4.69) is 30.5 Å². The molecule has 2 nitrogen and oxygen atoms in total. The van der Waals surface area contributed by atoms with Gasteiger partial charge in [0.15, 0.2) is 5.78 Å². The van der Waals surface area contributed by atoms with Crippen LogP contribution in [0.15, 0.2) is 35.2 Å². The maximum atomic E-state index is 12.4. The van der Waals surface area contributed by atoms with Crippen molar-refractivity contribution in [3.05, 3.63) is 35.2 Å². The summed E-state index contributed by atoms with van der Waals surface area (Å²) in [4.78, 5) is 12.4. The van der Waals surface area contributed by atoms with Crippen LogP contribution in [0, 0.1) is 5.92 Å². The summed E-state index contributed by atoms with van der Waals surface area (Å²) in [6.07, 6.45) is 15.8. The highest BCUT2D eigenvalue weighted by atomic mass is 16.1. The largest absolute Gasteiger partial charge is 0.361 e. The second-order valence-electron chi connectivity index (χ2n) is 5.95. The molecule has 1 aliphatic heterocycles. The third-order valence-corrected chi connectivity index (χ3v) is 4.37. The van der Waals surface area contributed by atoms with E-state index in [1.54, 1.807) is 0 Å². The molecule has 0 saturated carbocycles. The lowest BCUT2D eigenvalue weighted by molar-refractivity contribution is -0.118. The minimum Gasteiger partial charge on any atom is -0.361 e. The quantitative estimate of drug-likeness (QED) is 0.684. The Morgan fingerprint density at radius 3 is 2.75 bits per heavy atom. The van der Waals surface area contributed by atoms with Crippen LogP contribution < -0.4 is 5.32 Å². The molecule has 0 radical (unpaired) electrons. The Kier molecular flexibility index (Phi) is 5.63. The molecule has 1 N–H and O–H groups in total. The van der Waals surface area contributed by atoms with Gasteiger partial charge in [0, 0.05) is 17.0 Å². The first kappa shape index (κ1) is 15.1. The topological polar surface area (TPSA) is 29.1 Å². The standard InChI is InChI=1S/C18H27NO/c1-3-4-5-6-7-8-12-16-14(2)18(20)15-11-9-10-13-17(15)19-16/h9-10,13,15,19H,3-8,11-12H2,1-2H3. The Morgan fingerprint density at radius 2 is 1.95 bits per heavy atom. The van der Waals surface area contributed by atoms with Gasteiger partial charge in [-0.15, -0.1) is 0 Å². The van der Waals surface area contributed by atoms with Gasteiger partial charge < -0.3 is 5.32 Å². The fraction of sp³-hybridized carbons (Fsp3) is 0.611. The van der Waals surface area contributed by atoms with Crippen molar-refractivity contribution in [2.24, 2.45) is 5.92 Å². The van der Waals surface area contributed by atoms with E-state index in [0.29, 0.717) is 5.78 Å². The Labute approximate surface area is 123 Å². The predicted octanol–water partition coefficient (Wildman–Crippen LogP) is 4.64. The first-order chi connectivity index (χ1) is 9.74. The van der Waals surface area contributed by atoms with E-state index in [-0.39, 0.29) is 5.92 Å². The van der Waals surface area contributed by atoms with Crippen molar-refractivity contribution in [2.45, 2.75) is 65.2 Å². The van der Waals surface area contributed by atoms with E-state index in [1.165, 1.54) is 38.5 Å². The fourth-order valence-corrected chi connectivity index (χ4v) is 3.02. The van der Waals surface area contributed by atoms with Gasteiger partial charge in [-0.05, 0) is 32.3 Å². The molecule has 0 spiro atoms. The molecule has 110 valence electrons. The number of rotatable bonds is 7. The second-order valence-corrected chi connectivity index (χ2v) is 5.95. The average Bonchev–Trinajstić information content (AvgIpc) is 2.47. The van der Waals surface area contributed by atoms with E-state index in [9.17, 15) is 4.79 Å². The Morgan fingerprint density at radius 1 is 1.20 bits per heavy atom. The van der Waals surface area contributed by atoms with Gasteiger partial charge >= 0.3 is 0 Å². The molecule has 0 bridgehead atoms. The molecule has 1 atom stereocenters. The number of allylic oxidation sites excluding steroid dienone is 6. The third kappa shape index (κ3) is 3.62. The average molecular weight is 273 g/mol. The van der Waals surface area contributed by atoms with Gasteiger partial charge in [0.2, 0.25) is 0 Å². The van der Waals surface area contributed by atoms with Crippen molar-refractivity contribution in [1.82, 2.24) is 5.32 Å². The minimum absolute atomic E-state index is 0.0494. The van der Waals surface area contributed by atoms with Crippen LogP contribution >= 0.6 is 0 Å². The molecule has 0 amide bonds. The van der Waals surface area contributed by atoms with E-state index >= 15 is 0 Å². The van der Waals surface area contributed by atoms with Crippen LogP contribution in [0.2, 0.25) is 0 Å². The molecular formula is C18H27NO. The normalized spacial score (nSPS) is 21.6. The molecule has 0 saturated heterocycles. The second kappa shape index (κ2) is 7.47. The lowest BCUT2D eigenvalue weighted by Gasteiger charge is -2.30. The summed E-state index contributed by atoms with van der Waals surface area (Å²) in [5.74, 6) is 0.369. The van der Waals surface area contributed by atoms with Gasteiger partial charge in [-0.1, -0.05) is 51.2 Å². The van der Waals surface area contributed by atoms with Gasteiger partial charge in [0.05, 0.1) is 5.92 Å². The molecule has 0 aromatic carbocycles. The number of Topliss-reactive ketones (excluding diaryl/α,β-unsaturated/α-hetero) is 1. The minimum atomic E-state index is 0.0494. The molecule has 1 unspecified atom stereocenters. The highest BCUT2D eigenvalue weighted by Crippen LogP contribution is 2.30. The number of unbranched alkanes of at least 4 members (excludes halogenated alkanes) is 5. The summed E-state index contributed by atoms with van der Waals surface area (Å²) in [5.41, 5.74) is 3.21. The molecule has 20 heavy (non-hydrogen) atoms. The number of fused-ring (bicyclic) bond motifs is 1. The summed E-state index contributed by atoms with van der Waals surface area (Å²) in [6.45, 7) is 4.23. The van der Waals surface area contributed by atoms with E-state index in [1.807, 2.05) is 6.92 Å². The molecular weight excluding hydrogens is 246 g/mol. The lowest BCUT2D eigenvalue weighted by atomic mass is 9.84. The van der Waals surface area contributed by atoms with Crippen molar-refractivity contribution in [1.29, 1.82) is 0 Å². The Bertz CT molecular complexity index is 442. The third-order valence-electron chi connectivity index (χ3n) is 4.37. The van der Waals surface area contributed by atoms with Crippen LogP contribution in [0.4, 0.5) is 0 Å².